The minimum atomic E-state index is -0.984. The summed E-state index contributed by atoms with van der Waals surface area (Å²) in [7, 11) is 1.61. The van der Waals surface area contributed by atoms with E-state index < -0.39 is 5.97 Å². The van der Waals surface area contributed by atoms with E-state index in [9.17, 15) is 9.90 Å². The zero-order valence-electron chi connectivity index (χ0n) is 15.3. The van der Waals surface area contributed by atoms with Crippen LogP contribution in [-0.2, 0) is 0 Å². The Morgan fingerprint density at radius 1 is 1.15 bits per heavy atom. The predicted octanol–water partition coefficient (Wildman–Crippen LogP) is 5.48. The lowest BCUT2D eigenvalue weighted by molar-refractivity contribution is 0.0699. The van der Waals surface area contributed by atoms with Gasteiger partial charge in [-0.3, -0.25) is 0 Å². The highest BCUT2D eigenvalue weighted by molar-refractivity contribution is 6.04. The zero-order chi connectivity index (χ0) is 19.1. The van der Waals surface area contributed by atoms with Crippen molar-refractivity contribution in [3.05, 3.63) is 59.7 Å². The molecule has 0 fully saturated rings. The number of nitrogens with zero attached hydrogens (tertiary/aromatic N) is 1. The first-order chi connectivity index (χ1) is 13.0. The lowest BCUT2D eigenvalue weighted by atomic mass is 9.97. The van der Waals surface area contributed by atoms with Crippen molar-refractivity contribution in [2.75, 3.05) is 7.11 Å². The Balaban J connectivity index is 1.99. The third kappa shape index (κ3) is 2.91. The number of carbonyl (C=O) groups is 1. The second-order valence-corrected chi connectivity index (χ2v) is 6.77. The molecule has 2 heterocycles. The number of pyridine rings is 1. The van der Waals surface area contributed by atoms with E-state index in [2.05, 4.69) is 13.8 Å². The van der Waals surface area contributed by atoms with Crippen molar-refractivity contribution < 1.29 is 19.1 Å². The summed E-state index contributed by atoms with van der Waals surface area (Å²) in [4.78, 5) is 16.6. The number of ether oxygens (including phenoxy) is 1. The molecule has 0 radical (unpaired) electrons. The highest BCUT2D eigenvalue weighted by Crippen LogP contribution is 2.33. The molecular formula is C22H19NO4. The highest BCUT2D eigenvalue weighted by atomic mass is 16.5. The Hall–Kier alpha value is -3.34. The molecule has 0 amide bonds. The van der Waals surface area contributed by atoms with Gasteiger partial charge in [-0.15, -0.1) is 0 Å². The number of para-hydroxylation sites is 1. The van der Waals surface area contributed by atoms with Gasteiger partial charge in [0.2, 0.25) is 0 Å². The van der Waals surface area contributed by atoms with Crippen molar-refractivity contribution in [1.29, 1.82) is 0 Å². The van der Waals surface area contributed by atoms with E-state index in [4.69, 9.17) is 14.1 Å². The fourth-order valence-corrected chi connectivity index (χ4v) is 3.31. The molecule has 136 valence electrons. The Morgan fingerprint density at radius 3 is 2.67 bits per heavy atom. The molecule has 27 heavy (non-hydrogen) atoms. The van der Waals surface area contributed by atoms with Gasteiger partial charge in [0, 0.05) is 10.8 Å². The van der Waals surface area contributed by atoms with Crippen molar-refractivity contribution >= 4 is 27.8 Å². The van der Waals surface area contributed by atoms with Gasteiger partial charge in [0.1, 0.15) is 17.0 Å². The van der Waals surface area contributed by atoms with Gasteiger partial charge in [0.05, 0.1) is 18.2 Å². The van der Waals surface area contributed by atoms with Crippen LogP contribution in [0.25, 0.3) is 33.3 Å². The molecule has 0 aliphatic rings. The molecule has 5 heteroatoms. The highest BCUT2D eigenvalue weighted by Gasteiger charge is 2.18. The SMILES string of the molecule is COc1ccc2oc(-c3cc(C(=O)O)c4cccc(C(C)C)c4n3)cc2c1. The average Bonchev–Trinajstić information content (AvgIpc) is 3.09. The molecular weight excluding hydrogens is 342 g/mol. The second-order valence-electron chi connectivity index (χ2n) is 6.77. The molecule has 0 aliphatic heterocycles. The van der Waals surface area contributed by atoms with Gasteiger partial charge in [-0.25, -0.2) is 9.78 Å². The summed E-state index contributed by atoms with van der Waals surface area (Å²) in [6.45, 7) is 4.13. The number of methoxy groups -OCH3 is 1. The summed E-state index contributed by atoms with van der Waals surface area (Å²) in [5, 5.41) is 11.2. The number of carboxylic acids is 1. The molecule has 0 atom stereocenters. The monoisotopic (exact) mass is 361 g/mol. The summed E-state index contributed by atoms with van der Waals surface area (Å²) in [6, 6.07) is 14.6. The standard InChI is InChI=1S/C22H19NO4/c1-12(2)15-5-4-6-16-17(22(24)25)11-18(23-21(15)16)20-10-13-9-14(26-3)7-8-19(13)27-20/h4-12H,1-3H3,(H,24,25). The van der Waals surface area contributed by atoms with Gasteiger partial charge in [-0.1, -0.05) is 32.0 Å². The summed E-state index contributed by atoms with van der Waals surface area (Å²) >= 11 is 0. The predicted molar refractivity (Wildman–Crippen MR) is 105 cm³/mol. The van der Waals surface area contributed by atoms with E-state index in [1.54, 1.807) is 19.2 Å². The lowest BCUT2D eigenvalue weighted by Gasteiger charge is -2.12. The van der Waals surface area contributed by atoms with Gasteiger partial charge in [-0.05, 0) is 41.8 Å². The molecule has 2 aromatic carbocycles. The maximum atomic E-state index is 11.9. The molecule has 0 bridgehead atoms. The average molecular weight is 361 g/mol. The quantitative estimate of drug-likeness (QED) is 0.521. The third-order valence-electron chi connectivity index (χ3n) is 4.70. The number of fused-ring (bicyclic) bond motifs is 2. The van der Waals surface area contributed by atoms with Crippen LogP contribution in [-0.4, -0.2) is 23.2 Å². The van der Waals surface area contributed by atoms with Crippen molar-refractivity contribution in [3.63, 3.8) is 0 Å². The number of aromatic nitrogens is 1. The van der Waals surface area contributed by atoms with E-state index in [0.29, 0.717) is 27.9 Å². The van der Waals surface area contributed by atoms with Crippen LogP contribution in [0.2, 0.25) is 0 Å². The van der Waals surface area contributed by atoms with E-state index in [-0.39, 0.29) is 11.5 Å². The Labute approximate surface area is 156 Å². The van der Waals surface area contributed by atoms with Crippen LogP contribution in [0.4, 0.5) is 0 Å². The zero-order valence-corrected chi connectivity index (χ0v) is 15.3. The second kappa shape index (κ2) is 6.43. The van der Waals surface area contributed by atoms with Crippen molar-refractivity contribution in [3.8, 4) is 17.2 Å². The van der Waals surface area contributed by atoms with Gasteiger partial charge >= 0.3 is 5.97 Å². The summed E-state index contributed by atoms with van der Waals surface area (Å²) < 4.78 is 11.2. The number of aromatic carboxylic acids is 1. The van der Waals surface area contributed by atoms with Crippen molar-refractivity contribution in [2.24, 2.45) is 0 Å². The van der Waals surface area contributed by atoms with E-state index in [1.165, 1.54) is 0 Å². The first-order valence-electron chi connectivity index (χ1n) is 8.73. The smallest absolute Gasteiger partial charge is 0.336 e. The third-order valence-corrected chi connectivity index (χ3v) is 4.70. The van der Waals surface area contributed by atoms with Crippen molar-refractivity contribution in [1.82, 2.24) is 4.98 Å². The molecule has 0 spiro atoms. The molecule has 4 rings (SSSR count). The summed E-state index contributed by atoms with van der Waals surface area (Å²) in [5.74, 6) is 0.496. The Bertz CT molecular complexity index is 1170. The van der Waals surface area contributed by atoms with Gasteiger partial charge in [-0.2, -0.15) is 0 Å². The molecule has 0 unspecified atom stereocenters. The Morgan fingerprint density at radius 2 is 1.96 bits per heavy atom. The van der Waals surface area contributed by atoms with Crippen LogP contribution in [0.15, 0.2) is 52.9 Å². The summed E-state index contributed by atoms with van der Waals surface area (Å²) in [6.07, 6.45) is 0. The van der Waals surface area contributed by atoms with Gasteiger partial charge in [0.15, 0.2) is 5.76 Å². The maximum Gasteiger partial charge on any atom is 0.336 e. The van der Waals surface area contributed by atoms with E-state index in [1.807, 2.05) is 36.4 Å². The van der Waals surface area contributed by atoms with Crippen LogP contribution in [0, 0.1) is 0 Å². The first-order valence-corrected chi connectivity index (χ1v) is 8.73. The van der Waals surface area contributed by atoms with Gasteiger partial charge in [0.25, 0.3) is 0 Å². The fraction of sp³-hybridized carbons (Fsp3) is 0.182. The van der Waals surface area contributed by atoms with Crippen LogP contribution in [0.3, 0.4) is 0 Å². The maximum absolute atomic E-state index is 11.9. The first kappa shape index (κ1) is 17.1. The van der Waals surface area contributed by atoms with Crippen molar-refractivity contribution in [2.45, 2.75) is 19.8 Å². The molecule has 1 N–H and O–H groups in total. The van der Waals surface area contributed by atoms with Crippen LogP contribution in [0.5, 0.6) is 5.75 Å². The molecule has 0 aliphatic carbocycles. The largest absolute Gasteiger partial charge is 0.497 e. The molecule has 0 saturated carbocycles. The number of hydrogen-bond acceptors (Lipinski definition) is 4. The number of carboxylic acid groups (broad SMARTS) is 1. The molecule has 2 aromatic heterocycles. The lowest BCUT2D eigenvalue weighted by Crippen LogP contribution is -2.02. The van der Waals surface area contributed by atoms with Gasteiger partial charge < -0.3 is 14.3 Å². The minimum Gasteiger partial charge on any atom is -0.497 e. The number of rotatable bonds is 4. The Kier molecular flexibility index (Phi) is 4.07. The van der Waals surface area contributed by atoms with Crippen LogP contribution >= 0.6 is 0 Å². The normalized spacial score (nSPS) is 11.4. The van der Waals surface area contributed by atoms with Crippen LogP contribution in [0.1, 0.15) is 35.7 Å². The summed E-state index contributed by atoms with van der Waals surface area (Å²) in [5.41, 5.74) is 3.12. The fourth-order valence-electron chi connectivity index (χ4n) is 3.31. The number of hydrogen-bond donors (Lipinski definition) is 1. The molecule has 5 nitrogen and oxygen atoms in total. The number of furan rings is 1. The molecule has 4 aromatic rings. The minimum absolute atomic E-state index is 0.218. The molecule has 0 saturated heterocycles. The topological polar surface area (TPSA) is 72.6 Å². The number of benzene rings is 2. The van der Waals surface area contributed by atoms with E-state index >= 15 is 0 Å². The van der Waals surface area contributed by atoms with Crippen LogP contribution < -0.4 is 4.74 Å². The van der Waals surface area contributed by atoms with E-state index in [0.717, 1.165) is 16.7 Å².